The Kier molecular flexibility index (Phi) is 8.09. The van der Waals surface area contributed by atoms with Crippen molar-refractivity contribution in [2.75, 3.05) is 13.1 Å². The number of halogens is 3. The van der Waals surface area contributed by atoms with Gasteiger partial charge in [-0.1, -0.05) is 13.8 Å². The molecule has 2 saturated heterocycles. The predicted octanol–water partition coefficient (Wildman–Crippen LogP) is 1.25. The minimum absolute atomic E-state index is 0.0823. The number of alkyl halides is 3. The molecule has 2 heterocycles. The van der Waals surface area contributed by atoms with Gasteiger partial charge in [-0.2, -0.15) is 18.4 Å². The van der Waals surface area contributed by atoms with Crippen molar-refractivity contribution in [3.63, 3.8) is 0 Å². The molecule has 13 heteroatoms. The van der Waals surface area contributed by atoms with E-state index >= 15 is 0 Å². The molecule has 1 saturated carbocycles. The monoisotopic (exact) mass is 543 g/mol. The Hall–Kier alpha value is -2.88. The number of nitrogens with zero attached hydrogens (tertiary/aromatic N) is 2. The van der Waals surface area contributed by atoms with Crippen molar-refractivity contribution in [2.24, 2.45) is 23.2 Å². The van der Waals surface area contributed by atoms with E-state index in [0.717, 1.165) is 0 Å². The molecule has 0 aromatic carbocycles. The lowest BCUT2D eigenvalue weighted by molar-refractivity contribution is -0.177. The van der Waals surface area contributed by atoms with Crippen LogP contribution in [0.15, 0.2) is 0 Å². The Bertz CT molecular complexity index is 1020. The summed E-state index contributed by atoms with van der Waals surface area (Å²) < 4.78 is 45.0. The molecule has 3 fully saturated rings. The highest BCUT2D eigenvalue weighted by Gasteiger charge is 2.69. The van der Waals surface area contributed by atoms with Gasteiger partial charge in [-0.05, 0) is 57.8 Å². The quantitative estimate of drug-likeness (QED) is 0.421. The van der Waals surface area contributed by atoms with Crippen LogP contribution in [-0.2, 0) is 23.9 Å². The Balaban J connectivity index is 1.84. The van der Waals surface area contributed by atoms with Crippen molar-refractivity contribution in [3.8, 4) is 6.07 Å². The maximum atomic E-state index is 13.7. The van der Waals surface area contributed by atoms with Gasteiger partial charge in [0.1, 0.15) is 18.1 Å². The molecular weight excluding hydrogens is 507 g/mol. The summed E-state index contributed by atoms with van der Waals surface area (Å²) in [7, 11) is 0. The molecule has 38 heavy (non-hydrogen) atoms. The van der Waals surface area contributed by atoms with Crippen molar-refractivity contribution in [2.45, 2.75) is 90.4 Å². The van der Waals surface area contributed by atoms with Crippen LogP contribution in [0.25, 0.3) is 0 Å². The highest BCUT2D eigenvalue weighted by molar-refractivity contribution is 5.95. The normalized spacial score (nSPS) is 28.4. The molecule has 1 unspecified atom stereocenters. The third kappa shape index (κ3) is 6.22. The number of amides is 4. The number of hydrogen-bond acceptors (Lipinski definition) is 6. The lowest BCUT2D eigenvalue weighted by Crippen LogP contribution is -2.61. The van der Waals surface area contributed by atoms with E-state index in [1.165, 1.54) is 11.8 Å². The number of rotatable bonds is 8. The van der Waals surface area contributed by atoms with Crippen LogP contribution in [0.5, 0.6) is 0 Å². The van der Waals surface area contributed by atoms with E-state index in [2.05, 4.69) is 10.6 Å². The molecule has 7 atom stereocenters. The minimum atomic E-state index is -5.22. The molecule has 0 spiro atoms. The number of ether oxygens (including phenoxy) is 1. The van der Waals surface area contributed by atoms with E-state index in [-0.39, 0.29) is 36.1 Å². The van der Waals surface area contributed by atoms with Gasteiger partial charge in [-0.25, -0.2) is 0 Å². The molecular formula is C25H36F3N5O5. The van der Waals surface area contributed by atoms with E-state index < -0.39 is 59.6 Å². The maximum absolute atomic E-state index is 13.7. The van der Waals surface area contributed by atoms with Crippen LogP contribution in [0.2, 0.25) is 0 Å². The van der Waals surface area contributed by atoms with Gasteiger partial charge in [0, 0.05) is 19.0 Å². The highest BCUT2D eigenvalue weighted by Crippen LogP contribution is 2.65. The number of fused-ring (bicyclic) bond motifs is 1. The zero-order valence-corrected chi connectivity index (χ0v) is 22.4. The van der Waals surface area contributed by atoms with Gasteiger partial charge in [-0.15, -0.1) is 0 Å². The Morgan fingerprint density at radius 1 is 1.24 bits per heavy atom. The van der Waals surface area contributed by atoms with Crippen molar-refractivity contribution >= 4 is 23.6 Å². The lowest BCUT2D eigenvalue weighted by Gasteiger charge is -2.36. The van der Waals surface area contributed by atoms with Crippen LogP contribution in [0.3, 0.4) is 0 Å². The van der Waals surface area contributed by atoms with Gasteiger partial charge in [0.25, 0.3) is 0 Å². The zero-order chi connectivity index (χ0) is 28.8. The number of nitrogens with one attached hydrogen (secondary N) is 3. The Morgan fingerprint density at radius 3 is 2.37 bits per heavy atom. The largest absolute Gasteiger partial charge is 0.471 e. The van der Waals surface area contributed by atoms with Gasteiger partial charge < -0.3 is 25.6 Å². The summed E-state index contributed by atoms with van der Waals surface area (Å²) in [5.74, 6) is -4.76. The van der Waals surface area contributed by atoms with Gasteiger partial charge in [-0.3, -0.25) is 19.2 Å². The van der Waals surface area contributed by atoms with Gasteiger partial charge in [0.15, 0.2) is 0 Å². The Morgan fingerprint density at radius 2 is 1.87 bits per heavy atom. The summed E-state index contributed by atoms with van der Waals surface area (Å²) >= 11 is 0. The van der Waals surface area contributed by atoms with E-state index in [4.69, 9.17) is 4.74 Å². The van der Waals surface area contributed by atoms with Gasteiger partial charge in [0.05, 0.1) is 17.8 Å². The standard InChI is InChI=1S/C25H36F3N5O5/c1-12(38-23(2,3)4)17(32-22(37)25(26,27)28)21(36)33-11-15-16(24(15,5)6)18(33)20(35)31-14(10-29)9-13-7-8-30-19(13)34/h12-18H,7-9,11H2,1-6H3,(H,30,34)(H,31,35)(H,32,37)/t12-,13+,14+,15+,16+,17?,18+/m1/s1. The summed E-state index contributed by atoms with van der Waals surface area (Å²) in [6.45, 7) is 10.8. The van der Waals surface area contributed by atoms with Crippen molar-refractivity contribution in [3.05, 3.63) is 0 Å². The molecule has 1 aliphatic carbocycles. The van der Waals surface area contributed by atoms with E-state index in [0.29, 0.717) is 13.0 Å². The fourth-order valence-electron chi connectivity index (χ4n) is 5.78. The second-order valence-electron chi connectivity index (χ2n) is 12.0. The van der Waals surface area contributed by atoms with Crippen LogP contribution >= 0.6 is 0 Å². The highest BCUT2D eigenvalue weighted by atomic mass is 19.4. The second kappa shape index (κ2) is 10.4. The molecule has 0 bridgehead atoms. The first kappa shape index (κ1) is 29.7. The molecule has 2 aliphatic heterocycles. The van der Waals surface area contributed by atoms with Crippen molar-refractivity contribution in [1.29, 1.82) is 5.26 Å². The molecule has 3 aliphatic rings. The summed E-state index contributed by atoms with van der Waals surface area (Å²) in [6.07, 6.45) is -5.73. The lowest BCUT2D eigenvalue weighted by atomic mass is 9.97. The van der Waals surface area contributed by atoms with Crippen molar-refractivity contribution in [1.82, 2.24) is 20.9 Å². The van der Waals surface area contributed by atoms with E-state index in [1.807, 2.05) is 19.9 Å². The number of likely N-dealkylation sites (tertiary alicyclic amines) is 1. The number of piperidine rings is 1. The summed E-state index contributed by atoms with van der Waals surface area (Å²) in [5, 5.41) is 16.7. The first-order valence-corrected chi connectivity index (χ1v) is 12.7. The average molecular weight is 544 g/mol. The van der Waals surface area contributed by atoms with Crippen LogP contribution in [0.1, 0.15) is 54.4 Å². The molecule has 0 aromatic rings. The summed E-state index contributed by atoms with van der Waals surface area (Å²) in [5.41, 5.74) is -1.14. The number of nitriles is 1. The predicted molar refractivity (Wildman–Crippen MR) is 128 cm³/mol. The smallest absolute Gasteiger partial charge is 0.370 e. The molecule has 0 aromatic heterocycles. The number of carbonyl (C=O) groups is 4. The Labute approximate surface area is 220 Å². The molecule has 3 rings (SSSR count). The number of hydrogen-bond donors (Lipinski definition) is 3. The number of carbonyl (C=O) groups excluding carboxylic acids is 4. The topological polar surface area (TPSA) is 141 Å². The molecule has 4 amide bonds. The van der Waals surface area contributed by atoms with Gasteiger partial charge in [0.2, 0.25) is 17.7 Å². The first-order valence-electron chi connectivity index (χ1n) is 12.7. The zero-order valence-electron chi connectivity index (χ0n) is 22.4. The van der Waals surface area contributed by atoms with Crippen LogP contribution in [-0.4, -0.2) is 77.6 Å². The SMILES string of the molecule is C[C@@H](OC(C)(C)C)C(NC(=O)C(F)(F)F)C(=O)N1C[C@H]2[C@@H]([C@H]1C(=O)N[C@H](C#N)C[C@@H]1CCNC1=O)C2(C)C. The van der Waals surface area contributed by atoms with Crippen LogP contribution in [0, 0.1) is 34.5 Å². The first-order chi connectivity index (χ1) is 17.4. The third-order valence-electron chi connectivity index (χ3n) is 7.73. The fraction of sp³-hybridized carbons (Fsp3) is 0.800. The van der Waals surface area contributed by atoms with E-state index in [9.17, 15) is 37.6 Å². The molecule has 0 radical (unpaired) electrons. The minimum Gasteiger partial charge on any atom is -0.370 e. The van der Waals surface area contributed by atoms with Crippen molar-refractivity contribution < 1.29 is 37.1 Å². The average Bonchev–Trinajstić information content (AvgIpc) is 3.14. The summed E-state index contributed by atoms with van der Waals surface area (Å²) in [4.78, 5) is 52.1. The molecule has 10 nitrogen and oxygen atoms in total. The third-order valence-corrected chi connectivity index (χ3v) is 7.73. The molecule has 3 N–H and O–H groups in total. The van der Waals surface area contributed by atoms with Crippen LogP contribution < -0.4 is 16.0 Å². The van der Waals surface area contributed by atoms with Crippen LogP contribution in [0.4, 0.5) is 13.2 Å². The molecule has 212 valence electrons. The summed E-state index contributed by atoms with van der Waals surface area (Å²) in [6, 6.07) is -1.75. The van der Waals surface area contributed by atoms with E-state index in [1.54, 1.807) is 26.1 Å². The maximum Gasteiger partial charge on any atom is 0.471 e. The second-order valence-corrected chi connectivity index (χ2v) is 12.0. The van der Waals surface area contributed by atoms with Gasteiger partial charge >= 0.3 is 12.1 Å². The fourth-order valence-corrected chi connectivity index (χ4v) is 5.78.